The zero-order valence-electron chi connectivity index (χ0n) is 17.6. The fraction of sp³-hybridized carbons (Fsp3) is 0.435. The van der Waals surface area contributed by atoms with E-state index in [1.54, 1.807) is 11.0 Å². The molecule has 2 fully saturated rings. The third kappa shape index (κ3) is 6.69. The van der Waals surface area contributed by atoms with Gasteiger partial charge in [0, 0.05) is 19.0 Å². The van der Waals surface area contributed by atoms with Crippen molar-refractivity contribution < 1.29 is 40.3 Å². The zero-order valence-corrected chi connectivity index (χ0v) is 17.6. The summed E-state index contributed by atoms with van der Waals surface area (Å²) >= 11 is 0. The molecule has 2 atom stereocenters. The van der Waals surface area contributed by atoms with Crippen molar-refractivity contribution in [2.24, 2.45) is 0 Å². The van der Waals surface area contributed by atoms with Crippen LogP contribution in [0.5, 0.6) is 0 Å². The Bertz CT molecular complexity index is 938. The molecule has 33 heavy (non-hydrogen) atoms. The summed E-state index contributed by atoms with van der Waals surface area (Å²) in [5, 5.41) is 0. The lowest BCUT2D eigenvalue weighted by atomic mass is 10.0. The first kappa shape index (κ1) is 25.0. The summed E-state index contributed by atoms with van der Waals surface area (Å²) in [4.78, 5) is 13.3. The number of nitrogens with zero attached hydrogens (tertiary/aromatic N) is 1. The molecule has 3 nitrogen and oxygen atoms in total. The maximum atomic E-state index is 12.8. The van der Waals surface area contributed by atoms with Crippen molar-refractivity contribution in [3.05, 3.63) is 70.5 Å². The minimum atomic E-state index is -4.88. The monoisotopic (exact) mass is 477 g/mol. The van der Waals surface area contributed by atoms with E-state index < -0.39 is 23.5 Å². The SMILES string of the molecule is Cc1cccc(F)c1.O=C1CCC2C[C@@H](OCc3cc(C(F)(F)F)cc(C(F)(F)F)c3)CN12. The predicted molar refractivity (Wildman–Crippen MR) is 106 cm³/mol. The van der Waals surface area contributed by atoms with E-state index in [0.717, 1.165) is 5.56 Å². The molecule has 0 radical (unpaired) electrons. The number of hydrogen-bond acceptors (Lipinski definition) is 2. The number of carbonyl (C=O) groups is 1. The molecule has 0 saturated carbocycles. The van der Waals surface area contributed by atoms with Crippen LogP contribution in [0.2, 0.25) is 0 Å². The van der Waals surface area contributed by atoms with E-state index in [0.29, 0.717) is 37.9 Å². The van der Waals surface area contributed by atoms with Gasteiger partial charge in [-0.25, -0.2) is 4.39 Å². The molecule has 180 valence electrons. The van der Waals surface area contributed by atoms with Crippen LogP contribution in [0.15, 0.2) is 42.5 Å². The van der Waals surface area contributed by atoms with E-state index in [-0.39, 0.29) is 42.1 Å². The molecule has 1 amide bonds. The van der Waals surface area contributed by atoms with Gasteiger partial charge in [-0.1, -0.05) is 12.1 Å². The highest BCUT2D eigenvalue weighted by Crippen LogP contribution is 2.37. The van der Waals surface area contributed by atoms with Crippen LogP contribution >= 0.6 is 0 Å². The Balaban J connectivity index is 0.000000323. The number of ether oxygens (including phenoxy) is 1. The van der Waals surface area contributed by atoms with Gasteiger partial charge in [0.1, 0.15) is 5.82 Å². The largest absolute Gasteiger partial charge is 0.416 e. The van der Waals surface area contributed by atoms with Gasteiger partial charge in [0.25, 0.3) is 0 Å². The first-order chi connectivity index (χ1) is 15.3. The highest BCUT2D eigenvalue weighted by Gasteiger charge is 2.40. The Kier molecular flexibility index (Phi) is 7.36. The van der Waals surface area contributed by atoms with Crippen LogP contribution in [0.3, 0.4) is 0 Å². The molecule has 2 aromatic rings. The molecule has 0 aromatic heterocycles. The summed E-state index contributed by atoms with van der Waals surface area (Å²) in [6.07, 6.45) is -8.40. The van der Waals surface area contributed by atoms with E-state index in [2.05, 4.69) is 0 Å². The fourth-order valence-electron chi connectivity index (χ4n) is 3.93. The molecule has 1 unspecified atom stereocenters. The summed E-state index contributed by atoms with van der Waals surface area (Å²) in [7, 11) is 0. The minimum absolute atomic E-state index is 0.00882. The number of amides is 1. The molecule has 2 heterocycles. The van der Waals surface area contributed by atoms with Crippen molar-refractivity contribution in [1.29, 1.82) is 0 Å². The maximum Gasteiger partial charge on any atom is 0.416 e. The van der Waals surface area contributed by atoms with Gasteiger partial charge >= 0.3 is 12.4 Å². The first-order valence-corrected chi connectivity index (χ1v) is 10.2. The molecule has 2 aliphatic rings. The highest BCUT2D eigenvalue weighted by molar-refractivity contribution is 5.79. The maximum absolute atomic E-state index is 12.8. The smallest absolute Gasteiger partial charge is 0.372 e. The lowest BCUT2D eigenvalue weighted by Gasteiger charge is -2.17. The number of rotatable bonds is 3. The van der Waals surface area contributed by atoms with Gasteiger partial charge in [0.15, 0.2) is 0 Å². The Morgan fingerprint density at radius 3 is 2.12 bits per heavy atom. The third-order valence-electron chi connectivity index (χ3n) is 5.50. The molecule has 4 rings (SSSR count). The molecule has 2 saturated heterocycles. The molecule has 0 aliphatic carbocycles. The standard InChI is InChI=1S/C16H15F6NO2.C7H7F/c17-15(18,19)10-3-9(4-11(5-10)16(20,21)22)8-25-13-6-12-1-2-14(24)23(12)7-13;1-6-3-2-4-7(8)5-6/h3-5,12-13H,1-2,6-8H2;2-5H,1H3/t12?,13-;/m1./s1. The van der Waals surface area contributed by atoms with Gasteiger partial charge in [-0.2, -0.15) is 26.3 Å². The Morgan fingerprint density at radius 1 is 1.00 bits per heavy atom. The van der Waals surface area contributed by atoms with Crippen LogP contribution < -0.4 is 0 Å². The van der Waals surface area contributed by atoms with E-state index in [4.69, 9.17) is 4.74 Å². The second-order valence-electron chi connectivity index (χ2n) is 8.12. The van der Waals surface area contributed by atoms with E-state index >= 15 is 0 Å². The average molecular weight is 477 g/mol. The van der Waals surface area contributed by atoms with Crippen LogP contribution in [0.4, 0.5) is 30.7 Å². The fourth-order valence-corrected chi connectivity index (χ4v) is 3.93. The molecule has 2 aliphatic heterocycles. The second-order valence-corrected chi connectivity index (χ2v) is 8.12. The lowest BCUT2D eigenvalue weighted by molar-refractivity contribution is -0.143. The van der Waals surface area contributed by atoms with Crippen molar-refractivity contribution in [1.82, 2.24) is 4.90 Å². The van der Waals surface area contributed by atoms with Gasteiger partial charge in [-0.3, -0.25) is 4.79 Å². The van der Waals surface area contributed by atoms with Crippen LogP contribution in [0, 0.1) is 12.7 Å². The summed E-state index contributed by atoms with van der Waals surface area (Å²) in [6.45, 7) is 1.82. The van der Waals surface area contributed by atoms with E-state index in [1.807, 2.05) is 13.0 Å². The number of benzene rings is 2. The van der Waals surface area contributed by atoms with Crippen LogP contribution in [0.1, 0.15) is 41.5 Å². The molecule has 0 spiro atoms. The molecule has 2 aromatic carbocycles. The second kappa shape index (κ2) is 9.70. The van der Waals surface area contributed by atoms with E-state index in [1.165, 1.54) is 12.1 Å². The Labute approximate surface area is 186 Å². The van der Waals surface area contributed by atoms with Gasteiger partial charge < -0.3 is 9.64 Å². The van der Waals surface area contributed by atoms with Gasteiger partial charge in [-0.15, -0.1) is 0 Å². The van der Waals surface area contributed by atoms with Gasteiger partial charge in [-0.05, 0) is 61.2 Å². The quantitative estimate of drug-likeness (QED) is 0.498. The third-order valence-corrected chi connectivity index (χ3v) is 5.50. The predicted octanol–water partition coefficient (Wildman–Crippen LogP) is 6.14. The topological polar surface area (TPSA) is 29.5 Å². The molecule has 10 heteroatoms. The number of fused-ring (bicyclic) bond motifs is 1. The zero-order chi connectivity index (χ0) is 24.4. The summed E-state index contributed by atoms with van der Waals surface area (Å²) in [5.74, 6) is -0.153. The molecule has 0 N–H and O–H groups in total. The van der Waals surface area contributed by atoms with Crippen molar-refractivity contribution in [3.8, 4) is 0 Å². The van der Waals surface area contributed by atoms with Crippen molar-refractivity contribution in [2.45, 2.75) is 57.3 Å². The Hall–Kier alpha value is -2.62. The van der Waals surface area contributed by atoms with E-state index in [9.17, 15) is 35.5 Å². The first-order valence-electron chi connectivity index (χ1n) is 10.2. The number of alkyl halides is 6. The normalized spacial score (nSPS) is 20.5. The number of hydrogen-bond donors (Lipinski definition) is 0. The lowest BCUT2D eigenvalue weighted by Crippen LogP contribution is -2.28. The number of aryl methyl sites for hydroxylation is 1. The summed E-state index contributed by atoms with van der Waals surface area (Å²) < 4.78 is 94.6. The number of halogens is 7. The van der Waals surface area contributed by atoms with Crippen molar-refractivity contribution in [3.63, 3.8) is 0 Å². The Morgan fingerprint density at radius 2 is 1.64 bits per heavy atom. The van der Waals surface area contributed by atoms with Crippen LogP contribution in [-0.4, -0.2) is 29.5 Å². The molecular weight excluding hydrogens is 455 g/mol. The summed E-state index contributed by atoms with van der Waals surface area (Å²) in [5.41, 5.74) is -1.95. The van der Waals surface area contributed by atoms with Gasteiger partial charge in [0.05, 0.1) is 23.8 Å². The minimum Gasteiger partial charge on any atom is -0.372 e. The van der Waals surface area contributed by atoms with Crippen molar-refractivity contribution >= 4 is 5.91 Å². The van der Waals surface area contributed by atoms with Gasteiger partial charge in [0.2, 0.25) is 5.91 Å². The highest BCUT2D eigenvalue weighted by atomic mass is 19.4. The van der Waals surface area contributed by atoms with Crippen LogP contribution in [0.25, 0.3) is 0 Å². The van der Waals surface area contributed by atoms with Crippen molar-refractivity contribution in [2.75, 3.05) is 6.54 Å². The summed E-state index contributed by atoms with van der Waals surface area (Å²) in [6, 6.07) is 7.98. The molecule has 0 bridgehead atoms. The average Bonchev–Trinajstić information content (AvgIpc) is 3.27. The number of carbonyl (C=O) groups excluding carboxylic acids is 1. The molecular formula is C23H22F7NO2. The van der Waals surface area contributed by atoms with Crippen LogP contribution in [-0.2, 0) is 28.5 Å².